The zero-order chi connectivity index (χ0) is 73.2. The molecule has 0 fully saturated rings. The number of furan rings is 3. The summed E-state index contributed by atoms with van der Waals surface area (Å²) in [6, 6.07) is 133. The average Bonchev–Trinajstić information content (AvgIpc) is 1.47. The molecule has 8 nitrogen and oxygen atoms in total. The Morgan fingerprint density at radius 3 is 0.830 bits per heavy atom. The number of hydrogen-bond acceptors (Lipinski definition) is 5. The molecule has 17 aromatic carbocycles. The van der Waals surface area contributed by atoms with Gasteiger partial charge in [-0.25, -0.2) is 9.97 Å². The third-order valence-electron chi connectivity index (χ3n) is 23.3. The summed E-state index contributed by atoms with van der Waals surface area (Å²) < 4.78 is 26.3. The average molecular weight is 1430 g/mol. The predicted octanol–water partition coefficient (Wildman–Crippen LogP) is 28.3. The summed E-state index contributed by atoms with van der Waals surface area (Å²) in [7, 11) is 0. The van der Waals surface area contributed by atoms with Crippen LogP contribution in [0.2, 0.25) is 0 Å². The first kappa shape index (κ1) is 62.0. The minimum Gasteiger partial charge on any atom is -0.456 e. The summed E-state index contributed by atoms with van der Waals surface area (Å²) in [6.07, 6.45) is 0. The van der Waals surface area contributed by atoms with Crippen molar-refractivity contribution in [2.75, 3.05) is 0 Å². The molecule has 0 saturated carbocycles. The van der Waals surface area contributed by atoms with Crippen LogP contribution in [-0.4, -0.2) is 23.7 Å². The molecule has 0 unspecified atom stereocenters. The van der Waals surface area contributed by atoms with E-state index in [1.54, 1.807) is 0 Å². The van der Waals surface area contributed by atoms with Gasteiger partial charge >= 0.3 is 0 Å². The van der Waals surface area contributed by atoms with Gasteiger partial charge in [0.1, 0.15) is 33.5 Å². The van der Waals surface area contributed by atoms with Crippen LogP contribution in [0.4, 0.5) is 0 Å². The van der Waals surface area contributed by atoms with Crippen LogP contribution in [0.15, 0.2) is 383 Å². The first-order chi connectivity index (χ1) is 55.4. The number of aromatic nitrogens is 5. The van der Waals surface area contributed by atoms with E-state index in [0.717, 1.165) is 199 Å². The van der Waals surface area contributed by atoms with Crippen LogP contribution in [0.3, 0.4) is 0 Å². The highest BCUT2D eigenvalue weighted by Gasteiger charge is 2.22. The molecule has 0 amide bonds. The molecule has 7 heterocycles. The number of rotatable bonds is 10. The topological polar surface area (TPSA) is 80.0 Å². The summed E-state index contributed by atoms with van der Waals surface area (Å²) in [5.41, 5.74) is 30.0. The smallest absolute Gasteiger partial charge is 0.160 e. The van der Waals surface area contributed by atoms with Crippen LogP contribution >= 0.6 is 0 Å². The van der Waals surface area contributed by atoms with E-state index in [9.17, 15) is 0 Å². The van der Waals surface area contributed by atoms with Crippen LogP contribution in [-0.2, 0) is 0 Å². The SMILES string of the molecule is c1ccc2c(c1)oc1cc(-c3ccc4c5ccccc5n(-c5ccc(-c6ccc(-c7nc(-c8ccc(-n9c%10ccccc%10c%10ccc(-c%11ccc%12c(c%11)oc%11ccccc%11%12)cc%109)cc8)c8cc(-c9ccc(-n%10c%11ccccc%11c%11ccc(-c%12ccc%13c(c%12)oc%12ccccc%12%13)cc%11%10)cc9)ccc8n7)cc6)cc5)c4c3)ccc12. The van der Waals surface area contributed by atoms with Gasteiger partial charge in [-0.2, -0.15) is 0 Å². The Kier molecular flexibility index (Phi) is 13.4. The summed E-state index contributed by atoms with van der Waals surface area (Å²) in [5.74, 6) is 0.647. The minimum absolute atomic E-state index is 0.647. The lowest BCUT2D eigenvalue weighted by molar-refractivity contribution is 0.668. The van der Waals surface area contributed by atoms with Gasteiger partial charge in [0.15, 0.2) is 5.82 Å². The largest absolute Gasteiger partial charge is 0.456 e. The molecule has 0 N–H and O–H groups in total. The van der Waals surface area contributed by atoms with Gasteiger partial charge in [-0.05, 0) is 195 Å². The van der Waals surface area contributed by atoms with E-state index in [1.807, 2.05) is 36.4 Å². The Hall–Kier alpha value is -15.1. The molecule has 24 aromatic rings. The second-order valence-corrected chi connectivity index (χ2v) is 29.5. The van der Waals surface area contributed by atoms with E-state index < -0.39 is 0 Å². The highest BCUT2D eigenvalue weighted by molar-refractivity contribution is 6.15. The number of nitrogens with zero attached hydrogens (tertiary/aromatic N) is 5. The quantitative estimate of drug-likeness (QED) is 0.136. The fourth-order valence-electron chi connectivity index (χ4n) is 17.8. The summed E-state index contributed by atoms with van der Waals surface area (Å²) >= 11 is 0. The van der Waals surface area contributed by atoms with Crippen molar-refractivity contribution in [2.24, 2.45) is 0 Å². The van der Waals surface area contributed by atoms with Crippen molar-refractivity contribution in [3.05, 3.63) is 370 Å². The molecule has 0 spiro atoms. The van der Waals surface area contributed by atoms with E-state index in [1.165, 1.54) is 32.3 Å². The van der Waals surface area contributed by atoms with Crippen molar-refractivity contribution in [1.82, 2.24) is 23.7 Å². The molecule has 0 saturated heterocycles. The summed E-state index contributed by atoms with van der Waals surface area (Å²) in [6.45, 7) is 0. The maximum absolute atomic E-state index is 6.40. The van der Waals surface area contributed by atoms with Gasteiger partial charge in [-0.3, -0.25) is 0 Å². The summed E-state index contributed by atoms with van der Waals surface area (Å²) in [4.78, 5) is 11.0. The highest BCUT2D eigenvalue weighted by Crippen LogP contribution is 2.44. The molecule has 0 bridgehead atoms. The Balaban J connectivity index is 0.592. The third kappa shape index (κ3) is 9.68. The van der Waals surface area contributed by atoms with E-state index in [-0.39, 0.29) is 0 Å². The lowest BCUT2D eigenvalue weighted by Gasteiger charge is -2.14. The van der Waals surface area contributed by atoms with Crippen molar-refractivity contribution < 1.29 is 13.3 Å². The van der Waals surface area contributed by atoms with Crippen molar-refractivity contribution in [2.45, 2.75) is 0 Å². The van der Waals surface area contributed by atoms with Crippen molar-refractivity contribution in [3.63, 3.8) is 0 Å². The molecular formula is C104H61N5O3. The van der Waals surface area contributed by atoms with Crippen LogP contribution in [0.1, 0.15) is 0 Å². The number of benzene rings is 17. The monoisotopic (exact) mass is 1430 g/mol. The fraction of sp³-hybridized carbons (Fsp3) is 0. The fourth-order valence-corrected chi connectivity index (χ4v) is 17.8. The molecule has 7 aromatic heterocycles. The number of hydrogen-bond donors (Lipinski definition) is 0. The minimum atomic E-state index is 0.647. The normalized spacial score (nSPS) is 12.1. The Morgan fingerprint density at radius 1 is 0.170 bits per heavy atom. The van der Waals surface area contributed by atoms with Crippen molar-refractivity contribution in [3.8, 4) is 95.3 Å². The molecule has 112 heavy (non-hydrogen) atoms. The molecule has 8 heteroatoms. The molecule has 0 aliphatic carbocycles. The van der Waals surface area contributed by atoms with Gasteiger partial charge in [-0.1, -0.05) is 231 Å². The second kappa shape index (κ2) is 24.2. The van der Waals surface area contributed by atoms with Crippen molar-refractivity contribution in [1.29, 1.82) is 0 Å². The Labute approximate surface area is 640 Å². The molecule has 0 atom stereocenters. The van der Waals surface area contributed by atoms with Crippen LogP contribution in [0.25, 0.3) is 237 Å². The van der Waals surface area contributed by atoms with E-state index in [4.69, 9.17) is 23.2 Å². The first-order valence-electron chi connectivity index (χ1n) is 38.0. The van der Waals surface area contributed by atoms with Gasteiger partial charge in [0.2, 0.25) is 0 Å². The molecule has 24 rings (SSSR count). The van der Waals surface area contributed by atoms with Gasteiger partial charge in [-0.15, -0.1) is 0 Å². The molecule has 520 valence electrons. The summed E-state index contributed by atoms with van der Waals surface area (Å²) in [5, 5.41) is 14.9. The zero-order valence-corrected chi connectivity index (χ0v) is 60.2. The lowest BCUT2D eigenvalue weighted by atomic mass is 9.99. The maximum Gasteiger partial charge on any atom is 0.160 e. The molecule has 0 aliphatic heterocycles. The van der Waals surface area contributed by atoms with Gasteiger partial charge < -0.3 is 27.0 Å². The van der Waals surface area contributed by atoms with Gasteiger partial charge in [0, 0.05) is 98.2 Å². The van der Waals surface area contributed by atoms with Gasteiger partial charge in [0.05, 0.1) is 44.3 Å². The first-order valence-corrected chi connectivity index (χ1v) is 38.0. The van der Waals surface area contributed by atoms with Crippen LogP contribution in [0.5, 0.6) is 0 Å². The lowest BCUT2D eigenvalue weighted by Crippen LogP contribution is -1.97. The van der Waals surface area contributed by atoms with Gasteiger partial charge in [0.25, 0.3) is 0 Å². The molecular weight excluding hydrogens is 1370 g/mol. The third-order valence-corrected chi connectivity index (χ3v) is 23.3. The number of fused-ring (bicyclic) bond motifs is 19. The van der Waals surface area contributed by atoms with Crippen LogP contribution in [0, 0.1) is 0 Å². The zero-order valence-electron chi connectivity index (χ0n) is 60.2. The van der Waals surface area contributed by atoms with E-state index >= 15 is 0 Å². The highest BCUT2D eigenvalue weighted by atomic mass is 16.3. The Morgan fingerprint density at radius 2 is 0.438 bits per heavy atom. The van der Waals surface area contributed by atoms with E-state index in [2.05, 4.69) is 347 Å². The van der Waals surface area contributed by atoms with E-state index in [0.29, 0.717) is 5.82 Å². The van der Waals surface area contributed by atoms with Crippen molar-refractivity contribution >= 4 is 142 Å². The van der Waals surface area contributed by atoms with Crippen LogP contribution < -0.4 is 0 Å². The second-order valence-electron chi connectivity index (χ2n) is 29.5. The molecule has 0 radical (unpaired) electrons. The predicted molar refractivity (Wildman–Crippen MR) is 462 cm³/mol. The number of para-hydroxylation sites is 6. The molecule has 0 aliphatic rings. The standard InChI is InChI=1S/C104H61N5O3/c1-7-19-91-77(13-1)80-48-35-68(71-38-51-86-83-16-4-10-22-97(83)110-100(86)59-71)56-94(80)107(91)74-42-29-63(30-43-74)62-25-27-66(28-26-62)104-105-90-54-41-67(64-31-44-75(45-32-64)108-92-20-8-2-14-78(92)81-49-36-69(57-95(81)108)72-39-52-87-84-17-5-11-23-98(84)111-101(87)60-72)55-89(90)103(106-104)65-33-46-76(47-34-65)109-93-21-9-3-15-79(93)82-50-37-70(58-96(82)109)73-40-53-88-85-18-6-12-24-99(85)112-102(88)61-73/h1-61H. The maximum atomic E-state index is 6.40. The Bertz CT molecular complexity index is 8050.